The fourth-order valence-electron chi connectivity index (χ4n) is 4.87. The van der Waals surface area contributed by atoms with Crippen molar-refractivity contribution in [2.45, 2.75) is 25.4 Å². The average Bonchev–Trinajstić information content (AvgIpc) is 3.56. The van der Waals surface area contributed by atoms with Crippen molar-refractivity contribution in [2.75, 3.05) is 19.0 Å². The number of furan rings is 1. The molecule has 2 aromatic carbocycles. The van der Waals surface area contributed by atoms with E-state index in [0.717, 1.165) is 16.8 Å². The summed E-state index contributed by atoms with van der Waals surface area (Å²) in [6, 6.07) is 20.9. The molecule has 0 saturated carbocycles. The van der Waals surface area contributed by atoms with Gasteiger partial charge in [0.1, 0.15) is 23.3 Å². The van der Waals surface area contributed by atoms with Crippen molar-refractivity contribution in [2.24, 2.45) is 0 Å². The number of aromatic nitrogens is 1. The predicted octanol–water partition coefficient (Wildman–Crippen LogP) is 5.36. The summed E-state index contributed by atoms with van der Waals surface area (Å²) in [5.41, 5.74) is 3.18. The van der Waals surface area contributed by atoms with Crippen LogP contribution in [0.1, 0.15) is 45.9 Å². The molecule has 3 heterocycles. The number of hydrogen-bond donors (Lipinski definition) is 3. The Hall–Kier alpha value is -4.70. The molecule has 40 heavy (non-hydrogen) atoms. The number of nitrogens with zero attached hydrogens (tertiary/aromatic N) is 2. The minimum atomic E-state index is -0.982. The lowest BCUT2D eigenvalue weighted by Gasteiger charge is -2.26. The van der Waals surface area contributed by atoms with E-state index in [-0.39, 0.29) is 30.0 Å². The van der Waals surface area contributed by atoms with Crippen molar-refractivity contribution in [3.05, 3.63) is 102 Å². The molecule has 1 aliphatic heterocycles. The van der Waals surface area contributed by atoms with Gasteiger partial charge in [0.25, 0.3) is 0 Å². The summed E-state index contributed by atoms with van der Waals surface area (Å²) in [4.78, 5) is 30.8. The van der Waals surface area contributed by atoms with Crippen LogP contribution in [0, 0.1) is 6.92 Å². The number of benzene rings is 2. The summed E-state index contributed by atoms with van der Waals surface area (Å²) < 4.78 is 11.7. The van der Waals surface area contributed by atoms with Crippen molar-refractivity contribution >= 4 is 34.9 Å². The fourth-order valence-corrected chi connectivity index (χ4v) is 5.20. The normalized spacial score (nSPS) is 16.4. The van der Waals surface area contributed by atoms with E-state index in [2.05, 4.69) is 15.6 Å². The minimum Gasteiger partial charge on any atom is -0.495 e. The van der Waals surface area contributed by atoms with Gasteiger partial charge in [-0.2, -0.15) is 0 Å². The van der Waals surface area contributed by atoms with Gasteiger partial charge < -0.3 is 29.8 Å². The molecule has 0 unspecified atom stereocenters. The summed E-state index contributed by atoms with van der Waals surface area (Å²) in [5, 5.41) is 16.1. The Labute approximate surface area is 236 Å². The molecule has 0 aliphatic carbocycles. The number of aryl methyl sites for hydroxylation is 1. The number of rotatable bonds is 9. The van der Waals surface area contributed by atoms with Crippen molar-refractivity contribution in [1.29, 1.82) is 0 Å². The second-order valence-electron chi connectivity index (χ2n) is 9.36. The number of carboxylic acids is 1. The van der Waals surface area contributed by atoms with Crippen molar-refractivity contribution in [1.82, 2.24) is 15.2 Å². The quantitative estimate of drug-likeness (QED) is 0.234. The highest BCUT2D eigenvalue weighted by Crippen LogP contribution is 2.41. The number of pyridine rings is 1. The minimum absolute atomic E-state index is 0.175. The lowest BCUT2D eigenvalue weighted by molar-refractivity contribution is -0.116. The molecule has 9 nitrogen and oxygen atoms in total. The molecule has 3 N–H and O–H groups in total. The largest absolute Gasteiger partial charge is 0.495 e. The van der Waals surface area contributed by atoms with E-state index < -0.39 is 5.97 Å². The number of nitrogens with one attached hydrogen (secondary N) is 2. The van der Waals surface area contributed by atoms with Gasteiger partial charge in [-0.3, -0.25) is 9.78 Å². The highest BCUT2D eigenvalue weighted by atomic mass is 32.1. The number of para-hydroxylation sites is 2. The third kappa shape index (κ3) is 5.52. The SMILES string of the molecule is COc1ccccc1NC(=O)CCN1C(=S)N[C@H](c2ccccn2)[C@H]1c1ccc(-c2ccc(C(=O)O)cc2C)o1. The van der Waals surface area contributed by atoms with Crippen LogP contribution in [0.2, 0.25) is 0 Å². The molecule has 0 radical (unpaired) electrons. The average molecular weight is 557 g/mol. The number of amides is 1. The standard InChI is InChI=1S/C30H28N4O5S/c1-18-17-19(29(36)37)10-11-20(18)23-12-13-25(39-23)28-27(22-8-5-6-15-31-22)33-30(40)34(28)16-14-26(35)32-21-7-3-4-9-24(21)38-2/h3-13,15,17,27-28H,14,16H2,1-2H3,(H,32,35)(H,33,40)(H,36,37)/t27-,28-/m1/s1. The van der Waals surface area contributed by atoms with Crippen molar-refractivity contribution in [3.8, 4) is 17.1 Å². The maximum absolute atomic E-state index is 12.9. The summed E-state index contributed by atoms with van der Waals surface area (Å²) in [6.07, 6.45) is 1.90. The molecule has 10 heteroatoms. The number of anilines is 1. The Morgan fingerprint density at radius 3 is 2.65 bits per heavy atom. The lowest BCUT2D eigenvalue weighted by atomic mass is 10.0. The molecule has 2 aromatic heterocycles. The molecule has 1 saturated heterocycles. The molecule has 1 fully saturated rings. The van der Waals surface area contributed by atoms with Crippen LogP contribution in [0.3, 0.4) is 0 Å². The van der Waals surface area contributed by atoms with Gasteiger partial charge in [0.2, 0.25) is 5.91 Å². The molecule has 1 amide bonds. The van der Waals surface area contributed by atoms with E-state index in [1.165, 1.54) is 0 Å². The maximum Gasteiger partial charge on any atom is 0.335 e. The van der Waals surface area contributed by atoms with Crippen LogP contribution in [0.15, 0.2) is 83.4 Å². The first kappa shape index (κ1) is 26.9. The zero-order valence-corrected chi connectivity index (χ0v) is 22.8. The molecular formula is C30H28N4O5S. The first-order valence-corrected chi connectivity index (χ1v) is 13.1. The first-order valence-electron chi connectivity index (χ1n) is 12.7. The molecule has 0 spiro atoms. The van der Waals surface area contributed by atoms with E-state index in [4.69, 9.17) is 21.4 Å². The number of thiocarbonyl (C=S) groups is 1. The Balaban J connectivity index is 1.41. The smallest absolute Gasteiger partial charge is 0.335 e. The van der Waals surface area contributed by atoms with Gasteiger partial charge in [0.15, 0.2) is 5.11 Å². The monoisotopic (exact) mass is 556 g/mol. The van der Waals surface area contributed by atoms with Crippen LogP contribution in [-0.4, -0.2) is 45.6 Å². The number of carboxylic acid groups (broad SMARTS) is 1. The molecule has 1 aliphatic rings. The van der Waals surface area contributed by atoms with Gasteiger partial charge in [-0.1, -0.05) is 24.3 Å². The summed E-state index contributed by atoms with van der Waals surface area (Å²) in [6.45, 7) is 2.18. The van der Waals surface area contributed by atoms with Gasteiger partial charge in [-0.15, -0.1) is 0 Å². The van der Waals surface area contributed by atoms with Crippen LogP contribution in [0.4, 0.5) is 5.69 Å². The van der Waals surface area contributed by atoms with Gasteiger partial charge in [-0.05, 0) is 73.2 Å². The second kappa shape index (κ2) is 11.6. The Morgan fingerprint density at radius 2 is 1.93 bits per heavy atom. The lowest BCUT2D eigenvalue weighted by Crippen LogP contribution is -2.32. The number of methoxy groups -OCH3 is 1. The highest BCUT2D eigenvalue weighted by molar-refractivity contribution is 7.80. The molecule has 5 rings (SSSR count). The van der Waals surface area contributed by atoms with Gasteiger partial charge in [0, 0.05) is 24.7 Å². The molecule has 4 aromatic rings. The summed E-state index contributed by atoms with van der Waals surface area (Å²) in [5.74, 6) is 0.670. The number of ether oxygens (including phenoxy) is 1. The van der Waals surface area contributed by atoms with E-state index in [1.807, 2.05) is 54.3 Å². The van der Waals surface area contributed by atoms with Crippen molar-refractivity contribution in [3.63, 3.8) is 0 Å². The van der Waals surface area contributed by atoms with Gasteiger partial charge >= 0.3 is 5.97 Å². The van der Waals surface area contributed by atoms with E-state index >= 15 is 0 Å². The molecule has 0 bridgehead atoms. The topological polar surface area (TPSA) is 117 Å². The van der Waals surface area contributed by atoms with Gasteiger partial charge in [0.05, 0.1) is 30.1 Å². The maximum atomic E-state index is 12.9. The van der Waals surface area contributed by atoms with Gasteiger partial charge in [-0.25, -0.2) is 4.79 Å². The van der Waals surface area contributed by atoms with Crippen LogP contribution < -0.4 is 15.4 Å². The Morgan fingerprint density at radius 1 is 1.12 bits per heavy atom. The summed E-state index contributed by atoms with van der Waals surface area (Å²) >= 11 is 5.71. The zero-order chi connectivity index (χ0) is 28.2. The van der Waals surface area contributed by atoms with Crippen LogP contribution in [0.5, 0.6) is 5.75 Å². The Bertz CT molecular complexity index is 1550. The first-order chi connectivity index (χ1) is 19.4. The zero-order valence-electron chi connectivity index (χ0n) is 22.0. The van der Waals surface area contributed by atoms with E-state index in [0.29, 0.717) is 34.6 Å². The number of aromatic carboxylic acids is 1. The van der Waals surface area contributed by atoms with Crippen LogP contribution in [-0.2, 0) is 4.79 Å². The van der Waals surface area contributed by atoms with E-state index in [1.54, 1.807) is 43.6 Å². The molecular weight excluding hydrogens is 528 g/mol. The predicted molar refractivity (Wildman–Crippen MR) is 154 cm³/mol. The third-order valence-corrected chi connectivity index (χ3v) is 7.17. The van der Waals surface area contributed by atoms with Crippen LogP contribution >= 0.6 is 12.2 Å². The van der Waals surface area contributed by atoms with Crippen molar-refractivity contribution < 1.29 is 23.8 Å². The highest BCUT2D eigenvalue weighted by Gasteiger charge is 2.41. The molecule has 2 atom stereocenters. The molecule has 204 valence electrons. The second-order valence-corrected chi connectivity index (χ2v) is 9.74. The van der Waals surface area contributed by atoms with E-state index in [9.17, 15) is 14.7 Å². The number of carbonyl (C=O) groups is 2. The Kier molecular flexibility index (Phi) is 7.79. The van der Waals surface area contributed by atoms with Crippen LogP contribution in [0.25, 0.3) is 11.3 Å². The third-order valence-electron chi connectivity index (χ3n) is 6.82. The number of carbonyl (C=O) groups excluding carboxylic acids is 1. The number of hydrogen-bond acceptors (Lipinski definition) is 6. The summed E-state index contributed by atoms with van der Waals surface area (Å²) in [7, 11) is 1.56. The fraction of sp³-hybridized carbons (Fsp3) is 0.200.